The molecule has 0 spiro atoms. The van der Waals surface area contributed by atoms with E-state index in [0.29, 0.717) is 24.8 Å². The Balaban J connectivity index is 3.94. The molecule has 1 unspecified atom stereocenters. The zero-order chi connectivity index (χ0) is 13.5. The Bertz CT molecular complexity index is 222. The summed E-state index contributed by atoms with van der Waals surface area (Å²) in [5.41, 5.74) is 5.90. The van der Waals surface area contributed by atoms with Gasteiger partial charge >= 0.3 is 0 Å². The standard InChI is InChI=1S/C14H30N2O/c1-6-14(15,7-2)10-16-13(17)9-12(5)8-11(3)4/h11-12H,6-10,15H2,1-5H3,(H,16,17). The quantitative estimate of drug-likeness (QED) is 0.687. The van der Waals surface area contributed by atoms with Crippen molar-refractivity contribution in [2.45, 2.75) is 65.8 Å². The van der Waals surface area contributed by atoms with Gasteiger partial charge in [0.1, 0.15) is 0 Å². The Labute approximate surface area is 107 Å². The van der Waals surface area contributed by atoms with Gasteiger partial charge in [0.2, 0.25) is 5.91 Å². The van der Waals surface area contributed by atoms with Crippen LogP contribution in [0.25, 0.3) is 0 Å². The fourth-order valence-corrected chi connectivity index (χ4v) is 2.05. The molecule has 3 heteroatoms. The lowest BCUT2D eigenvalue weighted by Gasteiger charge is -2.27. The van der Waals surface area contributed by atoms with Crippen molar-refractivity contribution in [2.75, 3.05) is 6.54 Å². The van der Waals surface area contributed by atoms with Crippen LogP contribution in [-0.2, 0) is 4.79 Å². The molecular formula is C14H30N2O. The third-order valence-electron chi connectivity index (χ3n) is 3.45. The van der Waals surface area contributed by atoms with Crippen LogP contribution in [0.1, 0.15) is 60.3 Å². The first-order valence-corrected chi connectivity index (χ1v) is 6.88. The van der Waals surface area contributed by atoms with Crippen LogP contribution < -0.4 is 11.1 Å². The topological polar surface area (TPSA) is 55.1 Å². The molecule has 0 aromatic heterocycles. The lowest BCUT2D eigenvalue weighted by molar-refractivity contribution is -0.122. The highest BCUT2D eigenvalue weighted by atomic mass is 16.1. The lowest BCUT2D eigenvalue weighted by atomic mass is 9.93. The number of hydrogen-bond donors (Lipinski definition) is 2. The van der Waals surface area contributed by atoms with Gasteiger partial charge in [0.05, 0.1) is 0 Å². The molecule has 3 N–H and O–H groups in total. The first kappa shape index (κ1) is 16.4. The molecule has 0 aliphatic heterocycles. The molecule has 102 valence electrons. The summed E-state index contributed by atoms with van der Waals surface area (Å²) in [5.74, 6) is 1.23. The number of carbonyl (C=O) groups excluding carboxylic acids is 1. The van der Waals surface area contributed by atoms with Crippen LogP contribution in [0.3, 0.4) is 0 Å². The zero-order valence-corrected chi connectivity index (χ0v) is 12.2. The van der Waals surface area contributed by atoms with Gasteiger partial charge in [-0.1, -0.05) is 34.6 Å². The number of nitrogens with one attached hydrogen (secondary N) is 1. The van der Waals surface area contributed by atoms with Crippen molar-refractivity contribution in [3.05, 3.63) is 0 Å². The van der Waals surface area contributed by atoms with Crippen molar-refractivity contribution in [2.24, 2.45) is 17.6 Å². The van der Waals surface area contributed by atoms with E-state index in [1.165, 1.54) is 0 Å². The van der Waals surface area contributed by atoms with Gasteiger partial charge in [-0.25, -0.2) is 0 Å². The third-order valence-corrected chi connectivity index (χ3v) is 3.45. The predicted octanol–water partition coefficient (Wildman–Crippen LogP) is 2.69. The lowest BCUT2D eigenvalue weighted by Crippen LogP contribution is -2.49. The van der Waals surface area contributed by atoms with Gasteiger partial charge in [-0.2, -0.15) is 0 Å². The molecule has 0 aromatic carbocycles. The molecule has 0 bridgehead atoms. The Hall–Kier alpha value is -0.570. The van der Waals surface area contributed by atoms with E-state index < -0.39 is 0 Å². The molecule has 0 radical (unpaired) electrons. The summed E-state index contributed by atoms with van der Waals surface area (Å²) in [6.45, 7) is 11.2. The van der Waals surface area contributed by atoms with Gasteiger partial charge in [0.15, 0.2) is 0 Å². The molecule has 17 heavy (non-hydrogen) atoms. The number of rotatable bonds is 8. The second-order valence-electron chi connectivity index (χ2n) is 5.79. The third kappa shape index (κ3) is 7.37. The number of hydrogen-bond acceptors (Lipinski definition) is 2. The van der Waals surface area contributed by atoms with Gasteiger partial charge < -0.3 is 11.1 Å². The van der Waals surface area contributed by atoms with E-state index in [1.807, 2.05) is 0 Å². The Morgan fingerprint density at radius 2 is 1.76 bits per heavy atom. The first-order valence-electron chi connectivity index (χ1n) is 6.88. The van der Waals surface area contributed by atoms with Crippen LogP contribution >= 0.6 is 0 Å². The van der Waals surface area contributed by atoms with Crippen molar-refractivity contribution in [3.8, 4) is 0 Å². The highest BCUT2D eigenvalue weighted by Crippen LogP contribution is 2.15. The molecule has 0 aromatic rings. The van der Waals surface area contributed by atoms with Crippen LogP contribution in [0.4, 0.5) is 0 Å². The van der Waals surface area contributed by atoms with E-state index in [4.69, 9.17) is 5.73 Å². The van der Waals surface area contributed by atoms with Crippen LogP contribution in [-0.4, -0.2) is 18.0 Å². The van der Waals surface area contributed by atoms with Crippen LogP contribution in [0.5, 0.6) is 0 Å². The smallest absolute Gasteiger partial charge is 0.220 e. The molecule has 0 rings (SSSR count). The second-order valence-corrected chi connectivity index (χ2v) is 5.79. The SMILES string of the molecule is CCC(N)(CC)CNC(=O)CC(C)CC(C)C. The minimum atomic E-state index is -0.239. The van der Waals surface area contributed by atoms with E-state index in [-0.39, 0.29) is 11.4 Å². The van der Waals surface area contributed by atoms with E-state index in [9.17, 15) is 4.79 Å². The zero-order valence-electron chi connectivity index (χ0n) is 12.2. The van der Waals surface area contributed by atoms with Gasteiger partial charge in [0.25, 0.3) is 0 Å². The average Bonchev–Trinajstić information content (AvgIpc) is 2.24. The average molecular weight is 242 g/mol. The Morgan fingerprint density at radius 3 is 2.18 bits per heavy atom. The van der Waals surface area contributed by atoms with Gasteiger partial charge in [-0.05, 0) is 31.1 Å². The maximum absolute atomic E-state index is 11.7. The molecule has 0 saturated carbocycles. The summed E-state index contributed by atoms with van der Waals surface area (Å²) >= 11 is 0. The minimum Gasteiger partial charge on any atom is -0.354 e. The molecule has 0 saturated heterocycles. The predicted molar refractivity (Wildman–Crippen MR) is 73.7 cm³/mol. The van der Waals surface area contributed by atoms with Gasteiger partial charge in [-0.3, -0.25) is 4.79 Å². The summed E-state index contributed by atoms with van der Waals surface area (Å²) in [5, 5.41) is 2.97. The number of carbonyl (C=O) groups is 1. The fraction of sp³-hybridized carbons (Fsp3) is 0.929. The monoisotopic (exact) mass is 242 g/mol. The van der Waals surface area contributed by atoms with Gasteiger partial charge in [0, 0.05) is 18.5 Å². The Kier molecular flexibility index (Phi) is 7.44. The molecule has 1 amide bonds. The summed E-state index contributed by atoms with van der Waals surface area (Å²) in [4.78, 5) is 11.7. The van der Waals surface area contributed by atoms with Crippen LogP contribution in [0.2, 0.25) is 0 Å². The normalized spacial score (nSPS) is 13.8. The molecule has 1 atom stereocenters. The fourth-order valence-electron chi connectivity index (χ4n) is 2.05. The first-order chi connectivity index (χ1) is 7.83. The summed E-state index contributed by atoms with van der Waals surface area (Å²) in [6.07, 6.45) is 3.50. The van der Waals surface area contributed by atoms with Crippen molar-refractivity contribution >= 4 is 5.91 Å². The summed E-state index contributed by atoms with van der Waals surface area (Å²) in [6, 6.07) is 0. The van der Waals surface area contributed by atoms with Crippen LogP contribution in [0, 0.1) is 11.8 Å². The number of nitrogens with two attached hydrogens (primary N) is 1. The molecule has 0 heterocycles. The number of amides is 1. The van der Waals surface area contributed by atoms with Crippen molar-refractivity contribution in [1.82, 2.24) is 5.32 Å². The van der Waals surface area contributed by atoms with E-state index >= 15 is 0 Å². The van der Waals surface area contributed by atoms with E-state index in [1.54, 1.807) is 0 Å². The molecule has 0 aliphatic rings. The van der Waals surface area contributed by atoms with E-state index in [2.05, 4.69) is 39.9 Å². The van der Waals surface area contributed by atoms with Crippen LogP contribution in [0.15, 0.2) is 0 Å². The molecule has 0 fully saturated rings. The second kappa shape index (κ2) is 7.70. The minimum absolute atomic E-state index is 0.134. The molecule has 3 nitrogen and oxygen atoms in total. The van der Waals surface area contributed by atoms with Crippen molar-refractivity contribution < 1.29 is 4.79 Å². The largest absolute Gasteiger partial charge is 0.354 e. The highest BCUT2D eigenvalue weighted by molar-refractivity contribution is 5.76. The highest BCUT2D eigenvalue weighted by Gasteiger charge is 2.21. The maximum Gasteiger partial charge on any atom is 0.220 e. The summed E-state index contributed by atoms with van der Waals surface area (Å²) < 4.78 is 0. The molecular weight excluding hydrogens is 212 g/mol. The van der Waals surface area contributed by atoms with E-state index in [0.717, 1.165) is 19.3 Å². The molecule has 0 aliphatic carbocycles. The Morgan fingerprint density at radius 1 is 1.24 bits per heavy atom. The van der Waals surface area contributed by atoms with Crippen molar-refractivity contribution in [1.29, 1.82) is 0 Å². The van der Waals surface area contributed by atoms with Gasteiger partial charge in [-0.15, -0.1) is 0 Å². The maximum atomic E-state index is 11.7. The summed E-state index contributed by atoms with van der Waals surface area (Å²) in [7, 11) is 0. The van der Waals surface area contributed by atoms with Crippen molar-refractivity contribution in [3.63, 3.8) is 0 Å².